The number of ether oxygens (including phenoxy) is 2. The molecule has 1 aliphatic rings. The lowest BCUT2D eigenvalue weighted by Crippen LogP contribution is -2.26. The third-order valence-electron chi connectivity index (χ3n) is 3.63. The Morgan fingerprint density at radius 3 is 2.62 bits per heavy atom. The van der Waals surface area contributed by atoms with Crippen LogP contribution in [0.3, 0.4) is 0 Å². The molecule has 1 aliphatic heterocycles. The number of hydrogen-bond donors (Lipinski definition) is 1. The van der Waals surface area contributed by atoms with E-state index in [2.05, 4.69) is 38.2 Å². The first-order chi connectivity index (χ1) is 10.1. The van der Waals surface area contributed by atoms with Gasteiger partial charge < -0.3 is 14.8 Å². The summed E-state index contributed by atoms with van der Waals surface area (Å²) in [4.78, 5) is 11.6. The van der Waals surface area contributed by atoms with Crippen LogP contribution in [-0.4, -0.2) is 25.7 Å². The van der Waals surface area contributed by atoms with E-state index in [9.17, 15) is 4.79 Å². The second-order valence-corrected chi connectivity index (χ2v) is 6.04. The molecule has 1 N–H and O–H groups in total. The van der Waals surface area contributed by atoms with Crippen LogP contribution >= 0.6 is 0 Å². The number of carbonyl (C=O) groups is 1. The van der Waals surface area contributed by atoms with E-state index in [-0.39, 0.29) is 5.91 Å². The average Bonchev–Trinajstić information content (AvgIpc) is 2.45. The minimum atomic E-state index is 0.138. The highest BCUT2D eigenvalue weighted by Crippen LogP contribution is 2.33. The van der Waals surface area contributed by atoms with Crippen LogP contribution in [0.25, 0.3) is 0 Å². The van der Waals surface area contributed by atoms with Gasteiger partial charge in [-0.1, -0.05) is 26.8 Å². The van der Waals surface area contributed by atoms with E-state index in [1.165, 1.54) is 5.56 Å². The fraction of sp³-hybridized carbons (Fsp3) is 0.588. The fourth-order valence-corrected chi connectivity index (χ4v) is 2.40. The zero-order valence-corrected chi connectivity index (χ0v) is 13.1. The van der Waals surface area contributed by atoms with Crippen LogP contribution in [0.4, 0.5) is 0 Å². The SMILES string of the molecule is CC(C)CC(=O)NCCC(C)c1ccc2c(c1)OCCO2. The third-order valence-corrected chi connectivity index (χ3v) is 3.63. The van der Waals surface area contributed by atoms with E-state index >= 15 is 0 Å². The Morgan fingerprint density at radius 2 is 1.90 bits per heavy atom. The molecule has 2 rings (SSSR count). The first-order valence-electron chi connectivity index (χ1n) is 7.72. The number of amides is 1. The van der Waals surface area contributed by atoms with Gasteiger partial charge in [-0.2, -0.15) is 0 Å². The smallest absolute Gasteiger partial charge is 0.220 e. The molecule has 0 aliphatic carbocycles. The van der Waals surface area contributed by atoms with E-state index in [0.29, 0.717) is 38.0 Å². The maximum atomic E-state index is 11.6. The van der Waals surface area contributed by atoms with Crippen molar-refractivity contribution >= 4 is 5.91 Å². The van der Waals surface area contributed by atoms with Crippen molar-refractivity contribution in [3.63, 3.8) is 0 Å². The van der Waals surface area contributed by atoms with Crippen LogP contribution in [0.2, 0.25) is 0 Å². The highest BCUT2D eigenvalue weighted by Gasteiger charge is 2.14. The molecule has 1 unspecified atom stereocenters. The van der Waals surface area contributed by atoms with Gasteiger partial charge in [0.1, 0.15) is 13.2 Å². The lowest BCUT2D eigenvalue weighted by atomic mass is 9.97. The third kappa shape index (κ3) is 4.66. The highest BCUT2D eigenvalue weighted by molar-refractivity contribution is 5.75. The normalized spacial score (nSPS) is 14.9. The van der Waals surface area contributed by atoms with Crippen molar-refractivity contribution in [3.8, 4) is 11.5 Å². The average molecular weight is 291 g/mol. The van der Waals surface area contributed by atoms with Crippen molar-refractivity contribution < 1.29 is 14.3 Å². The summed E-state index contributed by atoms with van der Waals surface area (Å²) in [6, 6.07) is 6.10. The zero-order chi connectivity index (χ0) is 15.2. The number of hydrogen-bond acceptors (Lipinski definition) is 3. The summed E-state index contributed by atoms with van der Waals surface area (Å²) in [5, 5.41) is 2.98. The predicted molar refractivity (Wildman–Crippen MR) is 82.9 cm³/mol. The van der Waals surface area contributed by atoms with Crippen molar-refractivity contribution in [1.29, 1.82) is 0 Å². The maximum Gasteiger partial charge on any atom is 0.220 e. The van der Waals surface area contributed by atoms with Crippen LogP contribution in [0.5, 0.6) is 11.5 Å². The van der Waals surface area contributed by atoms with Crippen molar-refractivity contribution in [1.82, 2.24) is 5.32 Å². The molecule has 0 bridgehead atoms. The van der Waals surface area contributed by atoms with Crippen LogP contribution in [0.15, 0.2) is 18.2 Å². The van der Waals surface area contributed by atoms with Gasteiger partial charge in [-0.3, -0.25) is 4.79 Å². The van der Waals surface area contributed by atoms with Gasteiger partial charge in [0.05, 0.1) is 0 Å². The van der Waals surface area contributed by atoms with Gasteiger partial charge >= 0.3 is 0 Å². The number of fused-ring (bicyclic) bond motifs is 1. The van der Waals surface area contributed by atoms with Gasteiger partial charge in [0.25, 0.3) is 0 Å². The Hall–Kier alpha value is -1.71. The highest BCUT2D eigenvalue weighted by atomic mass is 16.6. The standard InChI is InChI=1S/C17H25NO3/c1-12(2)10-17(19)18-7-6-13(3)14-4-5-15-16(11-14)21-9-8-20-15/h4-5,11-13H,6-10H2,1-3H3,(H,18,19). The molecular formula is C17H25NO3. The molecule has 4 heteroatoms. The molecule has 0 spiro atoms. The summed E-state index contributed by atoms with van der Waals surface area (Å²) in [5.74, 6) is 2.57. The van der Waals surface area contributed by atoms with Gasteiger partial charge in [-0.15, -0.1) is 0 Å². The molecule has 1 amide bonds. The monoisotopic (exact) mass is 291 g/mol. The summed E-state index contributed by atoms with van der Waals surface area (Å²) in [6.45, 7) is 8.20. The molecule has 1 heterocycles. The fourth-order valence-electron chi connectivity index (χ4n) is 2.40. The molecule has 0 saturated carbocycles. The molecule has 1 atom stereocenters. The maximum absolute atomic E-state index is 11.6. The second kappa shape index (κ2) is 7.34. The predicted octanol–water partition coefficient (Wildman–Crippen LogP) is 3.11. The van der Waals surface area contributed by atoms with Crippen LogP contribution in [0, 0.1) is 5.92 Å². The molecular weight excluding hydrogens is 266 g/mol. The van der Waals surface area contributed by atoms with Crippen molar-refractivity contribution in [2.45, 2.75) is 39.5 Å². The van der Waals surface area contributed by atoms with E-state index in [0.717, 1.165) is 17.9 Å². The quantitative estimate of drug-likeness (QED) is 0.876. The summed E-state index contributed by atoms with van der Waals surface area (Å²) in [5.41, 5.74) is 1.22. The molecule has 116 valence electrons. The molecule has 21 heavy (non-hydrogen) atoms. The largest absolute Gasteiger partial charge is 0.486 e. The first kappa shape index (κ1) is 15.7. The lowest BCUT2D eigenvalue weighted by Gasteiger charge is -2.20. The minimum absolute atomic E-state index is 0.138. The van der Waals surface area contributed by atoms with Gasteiger partial charge in [-0.05, 0) is 36.0 Å². The van der Waals surface area contributed by atoms with E-state index in [4.69, 9.17) is 9.47 Å². The zero-order valence-electron chi connectivity index (χ0n) is 13.1. The van der Waals surface area contributed by atoms with E-state index < -0.39 is 0 Å². The van der Waals surface area contributed by atoms with Crippen LogP contribution in [-0.2, 0) is 4.79 Å². The van der Waals surface area contributed by atoms with Crippen LogP contribution in [0.1, 0.15) is 45.1 Å². The molecule has 1 aromatic carbocycles. The van der Waals surface area contributed by atoms with E-state index in [1.807, 2.05) is 6.07 Å². The summed E-state index contributed by atoms with van der Waals surface area (Å²) >= 11 is 0. The summed E-state index contributed by atoms with van der Waals surface area (Å²) in [7, 11) is 0. The molecule has 1 aromatic rings. The van der Waals surface area contributed by atoms with Gasteiger partial charge in [-0.25, -0.2) is 0 Å². The Balaban J connectivity index is 1.83. The van der Waals surface area contributed by atoms with E-state index in [1.54, 1.807) is 0 Å². The van der Waals surface area contributed by atoms with Crippen LogP contribution < -0.4 is 14.8 Å². The Morgan fingerprint density at radius 1 is 1.19 bits per heavy atom. The number of benzene rings is 1. The molecule has 4 nitrogen and oxygen atoms in total. The van der Waals surface area contributed by atoms with Crippen molar-refractivity contribution in [2.24, 2.45) is 5.92 Å². The Labute approximate surface area is 126 Å². The number of nitrogens with one attached hydrogen (secondary N) is 1. The van der Waals surface area contributed by atoms with Crippen molar-refractivity contribution in [3.05, 3.63) is 23.8 Å². The minimum Gasteiger partial charge on any atom is -0.486 e. The summed E-state index contributed by atoms with van der Waals surface area (Å²) < 4.78 is 11.1. The summed E-state index contributed by atoms with van der Waals surface area (Å²) in [6.07, 6.45) is 1.52. The Kier molecular flexibility index (Phi) is 5.48. The number of rotatable bonds is 6. The molecule has 0 fully saturated rings. The molecule has 0 aromatic heterocycles. The van der Waals surface area contributed by atoms with Gasteiger partial charge in [0, 0.05) is 13.0 Å². The lowest BCUT2D eigenvalue weighted by molar-refractivity contribution is -0.121. The van der Waals surface area contributed by atoms with Gasteiger partial charge in [0.2, 0.25) is 5.91 Å². The molecule has 0 radical (unpaired) electrons. The number of carbonyl (C=O) groups excluding carboxylic acids is 1. The Bertz CT molecular complexity index is 485. The molecule has 0 saturated heterocycles. The first-order valence-corrected chi connectivity index (χ1v) is 7.72. The van der Waals surface area contributed by atoms with Crippen molar-refractivity contribution in [2.75, 3.05) is 19.8 Å². The second-order valence-electron chi connectivity index (χ2n) is 6.04. The topological polar surface area (TPSA) is 47.6 Å². The van der Waals surface area contributed by atoms with Gasteiger partial charge in [0.15, 0.2) is 11.5 Å².